The molecule has 1 N–H and O–H groups in total. The number of barbiturate groups is 1. The number of benzene rings is 2. The molecule has 0 radical (unpaired) electrons. The zero-order chi connectivity index (χ0) is 23.4. The summed E-state index contributed by atoms with van der Waals surface area (Å²) in [5.41, 5.74) is 3.69. The number of nitrogens with zero attached hydrogens (tertiary/aromatic N) is 2. The van der Waals surface area contributed by atoms with Crippen LogP contribution >= 0.6 is 23.2 Å². The fourth-order valence-corrected chi connectivity index (χ4v) is 4.47. The van der Waals surface area contributed by atoms with Gasteiger partial charge in [-0.1, -0.05) is 35.3 Å². The summed E-state index contributed by atoms with van der Waals surface area (Å²) in [6, 6.07) is 9.26. The first kappa shape index (κ1) is 22.1. The van der Waals surface area contributed by atoms with Crippen molar-refractivity contribution in [3.63, 3.8) is 0 Å². The summed E-state index contributed by atoms with van der Waals surface area (Å²) in [4.78, 5) is 41.1. The minimum atomic E-state index is -0.866. The number of fused-ring (bicyclic) bond motifs is 1. The second kappa shape index (κ2) is 7.80. The van der Waals surface area contributed by atoms with Crippen molar-refractivity contribution in [1.82, 2.24) is 5.32 Å². The predicted molar refractivity (Wildman–Crippen MR) is 128 cm³/mol. The van der Waals surface area contributed by atoms with Crippen molar-refractivity contribution in [3.05, 3.63) is 69.2 Å². The summed E-state index contributed by atoms with van der Waals surface area (Å²) < 4.78 is 0. The van der Waals surface area contributed by atoms with E-state index < -0.39 is 17.8 Å². The van der Waals surface area contributed by atoms with Gasteiger partial charge in [0.1, 0.15) is 5.57 Å². The molecule has 0 aromatic heterocycles. The first-order valence-corrected chi connectivity index (χ1v) is 10.7. The van der Waals surface area contributed by atoms with Crippen LogP contribution in [0.1, 0.15) is 31.9 Å². The number of urea groups is 1. The lowest BCUT2D eigenvalue weighted by molar-refractivity contribution is -0.122. The van der Waals surface area contributed by atoms with Crippen molar-refractivity contribution >= 4 is 64.1 Å². The average Bonchev–Trinajstić information content (AvgIpc) is 2.70. The van der Waals surface area contributed by atoms with E-state index in [1.807, 2.05) is 32.2 Å². The SMILES string of the molecule is CC1=CC(C)(C)N(C)c2ccc(/C=C3\C(=O)NC(=O)N(c4ccc(Cl)cc4Cl)C3=O)cc21. The molecule has 1 saturated heterocycles. The lowest BCUT2D eigenvalue weighted by Crippen LogP contribution is -2.54. The summed E-state index contributed by atoms with van der Waals surface area (Å²) >= 11 is 12.1. The molecule has 1 fully saturated rings. The maximum atomic E-state index is 13.1. The zero-order valence-electron chi connectivity index (χ0n) is 18.0. The molecule has 0 unspecified atom stereocenters. The standard InChI is InChI=1S/C24H21Cl2N3O3/c1-13-12-24(2,3)28(4)19-7-5-14(9-16(13)19)10-17-21(30)27-23(32)29(22(17)31)20-8-6-15(25)11-18(20)26/h5-12H,1-4H3,(H,27,30,32)/b17-10+. The van der Waals surface area contributed by atoms with Crippen LogP contribution in [-0.4, -0.2) is 30.4 Å². The maximum absolute atomic E-state index is 13.1. The van der Waals surface area contributed by atoms with Crippen molar-refractivity contribution in [2.24, 2.45) is 0 Å². The Labute approximate surface area is 196 Å². The third kappa shape index (κ3) is 3.70. The normalized spacial score (nSPS) is 19.1. The van der Waals surface area contributed by atoms with Gasteiger partial charge < -0.3 is 4.90 Å². The number of halogens is 2. The minimum absolute atomic E-state index is 0.120. The van der Waals surface area contributed by atoms with Crippen LogP contribution in [0.4, 0.5) is 16.2 Å². The van der Waals surface area contributed by atoms with Gasteiger partial charge in [-0.25, -0.2) is 9.69 Å². The van der Waals surface area contributed by atoms with Crippen molar-refractivity contribution in [1.29, 1.82) is 0 Å². The van der Waals surface area contributed by atoms with Crippen LogP contribution in [-0.2, 0) is 9.59 Å². The number of allylic oxidation sites excluding steroid dienone is 1. The van der Waals surface area contributed by atoms with Gasteiger partial charge in [0.25, 0.3) is 11.8 Å². The highest BCUT2D eigenvalue weighted by Gasteiger charge is 2.38. The molecular formula is C24H21Cl2N3O3. The number of likely N-dealkylation sites (N-methyl/N-ethyl adjacent to an activating group) is 1. The third-order valence-corrected chi connectivity index (χ3v) is 6.34. The third-order valence-electron chi connectivity index (χ3n) is 5.80. The number of nitrogens with one attached hydrogen (secondary N) is 1. The molecule has 0 spiro atoms. The molecule has 164 valence electrons. The van der Waals surface area contributed by atoms with E-state index in [-0.39, 0.29) is 21.8 Å². The Morgan fingerprint density at radius 2 is 1.69 bits per heavy atom. The van der Waals surface area contributed by atoms with E-state index in [1.165, 1.54) is 24.3 Å². The minimum Gasteiger partial charge on any atom is -0.366 e. The van der Waals surface area contributed by atoms with Gasteiger partial charge in [0.05, 0.1) is 16.2 Å². The smallest absolute Gasteiger partial charge is 0.335 e. The largest absolute Gasteiger partial charge is 0.366 e. The van der Waals surface area contributed by atoms with Gasteiger partial charge >= 0.3 is 6.03 Å². The van der Waals surface area contributed by atoms with Crippen molar-refractivity contribution in [2.45, 2.75) is 26.3 Å². The number of anilines is 2. The van der Waals surface area contributed by atoms with E-state index in [2.05, 4.69) is 30.1 Å². The Balaban J connectivity index is 1.75. The van der Waals surface area contributed by atoms with Crippen LogP contribution in [0, 0.1) is 0 Å². The number of rotatable bonds is 2. The molecule has 2 aliphatic rings. The Bertz CT molecular complexity index is 1250. The Hall–Kier alpha value is -3.09. The number of imide groups is 2. The molecule has 0 aliphatic carbocycles. The first-order chi connectivity index (χ1) is 15.0. The predicted octanol–water partition coefficient (Wildman–Crippen LogP) is 5.29. The van der Waals surface area contributed by atoms with E-state index in [9.17, 15) is 14.4 Å². The fraction of sp³-hybridized carbons (Fsp3) is 0.208. The summed E-state index contributed by atoms with van der Waals surface area (Å²) in [6.45, 7) is 6.30. The van der Waals surface area contributed by atoms with Gasteiger partial charge in [0, 0.05) is 23.3 Å². The second-order valence-corrected chi connectivity index (χ2v) is 9.21. The van der Waals surface area contributed by atoms with Crippen molar-refractivity contribution in [2.75, 3.05) is 16.8 Å². The van der Waals surface area contributed by atoms with Gasteiger partial charge in [-0.2, -0.15) is 0 Å². The van der Waals surface area contributed by atoms with Gasteiger partial charge in [0.2, 0.25) is 0 Å². The maximum Gasteiger partial charge on any atom is 0.335 e. The molecule has 0 bridgehead atoms. The Morgan fingerprint density at radius 1 is 1.00 bits per heavy atom. The van der Waals surface area contributed by atoms with Crippen LogP contribution in [0.2, 0.25) is 10.0 Å². The summed E-state index contributed by atoms with van der Waals surface area (Å²) in [5, 5.41) is 2.69. The van der Waals surface area contributed by atoms with Crippen molar-refractivity contribution in [3.8, 4) is 0 Å². The number of hydrogen-bond acceptors (Lipinski definition) is 4. The topological polar surface area (TPSA) is 69.7 Å². The summed E-state index contributed by atoms with van der Waals surface area (Å²) in [7, 11) is 2.03. The van der Waals surface area contributed by atoms with Crippen LogP contribution in [0.3, 0.4) is 0 Å². The van der Waals surface area contributed by atoms with E-state index in [4.69, 9.17) is 23.2 Å². The van der Waals surface area contributed by atoms with Gasteiger partial charge in [0.15, 0.2) is 0 Å². The van der Waals surface area contributed by atoms with E-state index >= 15 is 0 Å². The highest BCUT2D eigenvalue weighted by Crippen LogP contribution is 2.38. The number of carbonyl (C=O) groups is 3. The van der Waals surface area contributed by atoms with Crippen LogP contribution in [0.5, 0.6) is 0 Å². The highest BCUT2D eigenvalue weighted by molar-refractivity contribution is 6.42. The lowest BCUT2D eigenvalue weighted by atomic mass is 9.88. The van der Waals surface area contributed by atoms with Crippen LogP contribution < -0.4 is 15.1 Å². The zero-order valence-corrected chi connectivity index (χ0v) is 19.5. The quantitative estimate of drug-likeness (QED) is 0.478. The molecular weight excluding hydrogens is 449 g/mol. The summed E-state index contributed by atoms with van der Waals surface area (Å²) in [5.74, 6) is -1.52. The first-order valence-electron chi connectivity index (χ1n) is 9.94. The molecule has 32 heavy (non-hydrogen) atoms. The van der Waals surface area contributed by atoms with E-state index in [0.29, 0.717) is 10.6 Å². The van der Waals surface area contributed by atoms with E-state index in [0.717, 1.165) is 21.7 Å². The van der Waals surface area contributed by atoms with Crippen molar-refractivity contribution < 1.29 is 14.4 Å². The molecule has 2 heterocycles. The molecule has 4 amide bonds. The molecule has 2 aromatic carbocycles. The molecule has 0 saturated carbocycles. The average molecular weight is 470 g/mol. The number of carbonyl (C=O) groups excluding carboxylic acids is 3. The molecule has 2 aliphatic heterocycles. The van der Waals surface area contributed by atoms with Gasteiger partial charge in [-0.05, 0) is 68.3 Å². The monoisotopic (exact) mass is 469 g/mol. The van der Waals surface area contributed by atoms with Gasteiger partial charge in [-0.3, -0.25) is 14.9 Å². The van der Waals surface area contributed by atoms with E-state index in [1.54, 1.807) is 0 Å². The second-order valence-electron chi connectivity index (χ2n) is 8.37. The molecule has 4 rings (SSSR count). The fourth-order valence-electron chi connectivity index (χ4n) is 3.97. The van der Waals surface area contributed by atoms with Crippen LogP contribution in [0.15, 0.2) is 48.0 Å². The number of hydrogen-bond donors (Lipinski definition) is 1. The molecule has 8 heteroatoms. The number of amides is 4. The highest BCUT2D eigenvalue weighted by atomic mass is 35.5. The molecule has 6 nitrogen and oxygen atoms in total. The Kier molecular flexibility index (Phi) is 5.39. The Morgan fingerprint density at radius 3 is 2.38 bits per heavy atom. The lowest BCUT2D eigenvalue weighted by Gasteiger charge is -2.40. The molecule has 0 atom stereocenters. The van der Waals surface area contributed by atoms with Gasteiger partial charge in [-0.15, -0.1) is 0 Å². The van der Waals surface area contributed by atoms with Crippen LogP contribution in [0.25, 0.3) is 11.6 Å². The molecule has 2 aromatic rings. The summed E-state index contributed by atoms with van der Waals surface area (Å²) in [6.07, 6.45) is 3.65.